The van der Waals surface area contributed by atoms with E-state index in [0.717, 1.165) is 35.7 Å². The molecule has 3 aromatic rings. The van der Waals surface area contributed by atoms with Crippen LogP contribution in [0.3, 0.4) is 0 Å². The monoisotopic (exact) mass is 466 g/mol. The number of nitrogens with zero attached hydrogens (tertiary/aromatic N) is 3. The standard InChI is InChI=1S/C25H30N4O3S/c1-15(2)23-13-28-25(33-23)19-8-18(9-21(10-19)32-14-20-6-5-7-31-20)24(30)29-17(4)22-12-26-16(3)11-27-22/h8-13,15,17,20H,5-7,14H2,1-4H3,(H,29,30)/t17-,20?/m1/s1. The van der Waals surface area contributed by atoms with E-state index in [1.165, 1.54) is 4.88 Å². The number of aryl methyl sites for hydroxylation is 1. The quantitative estimate of drug-likeness (QED) is 0.498. The second-order valence-electron chi connectivity index (χ2n) is 8.69. The normalized spacial score (nSPS) is 16.7. The number of benzene rings is 1. The average molecular weight is 467 g/mol. The lowest BCUT2D eigenvalue weighted by atomic mass is 10.1. The third-order valence-corrected chi connectivity index (χ3v) is 6.91. The van der Waals surface area contributed by atoms with Gasteiger partial charge in [0.05, 0.1) is 29.7 Å². The maximum Gasteiger partial charge on any atom is 0.251 e. The Kier molecular flexibility index (Phi) is 7.35. The van der Waals surface area contributed by atoms with Crippen LogP contribution in [-0.2, 0) is 4.74 Å². The second kappa shape index (κ2) is 10.4. The Hall–Kier alpha value is -2.84. The SMILES string of the molecule is Cc1cnc([C@@H](C)NC(=O)c2cc(OCC3CCCO3)cc(-c3ncc(C(C)C)s3)c2)cn1. The molecule has 174 valence electrons. The van der Waals surface area contributed by atoms with Crippen molar-refractivity contribution in [1.82, 2.24) is 20.3 Å². The fraction of sp³-hybridized carbons (Fsp3) is 0.440. The van der Waals surface area contributed by atoms with Gasteiger partial charge in [0.15, 0.2) is 0 Å². The summed E-state index contributed by atoms with van der Waals surface area (Å²) >= 11 is 1.64. The first-order valence-electron chi connectivity index (χ1n) is 11.3. The predicted molar refractivity (Wildman–Crippen MR) is 129 cm³/mol. The number of thiazole rings is 1. The summed E-state index contributed by atoms with van der Waals surface area (Å²) < 4.78 is 11.7. The van der Waals surface area contributed by atoms with E-state index in [-0.39, 0.29) is 18.1 Å². The van der Waals surface area contributed by atoms with E-state index in [4.69, 9.17) is 9.47 Å². The van der Waals surface area contributed by atoms with Gasteiger partial charge in [-0.15, -0.1) is 11.3 Å². The predicted octanol–water partition coefficient (Wildman–Crippen LogP) is 5.08. The Morgan fingerprint density at radius 3 is 2.70 bits per heavy atom. The molecule has 2 aromatic heterocycles. The van der Waals surface area contributed by atoms with Crippen molar-refractivity contribution in [3.05, 3.63) is 58.6 Å². The summed E-state index contributed by atoms with van der Waals surface area (Å²) in [7, 11) is 0. The van der Waals surface area contributed by atoms with Gasteiger partial charge in [-0.25, -0.2) is 4.98 Å². The summed E-state index contributed by atoms with van der Waals surface area (Å²) in [5.74, 6) is 0.834. The van der Waals surface area contributed by atoms with Crippen molar-refractivity contribution in [2.45, 2.75) is 58.6 Å². The van der Waals surface area contributed by atoms with Crippen LogP contribution in [0.1, 0.15) is 72.2 Å². The molecule has 0 saturated carbocycles. The maximum atomic E-state index is 13.1. The third kappa shape index (κ3) is 5.94. The van der Waals surface area contributed by atoms with Crippen LogP contribution in [0.4, 0.5) is 0 Å². The van der Waals surface area contributed by atoms with Gasteiger partial charge in [0.25, 0.3) is 5.91 Å². The van der Waals surface area contributed by atoms with Gasteiger partial charge in [-0.3, -0.25) is 14.8 Å². The molecule has 1 aliphatic heterocycles. The van der Waals surface area contributed by atoms with Gasteiger partial charge in [-0.2, -0.15) is 0 Å². The highest BCUT2D eigenvalue weighted by molar-refractivity contribution is 7.15. The van der Waals surface area contributed by atoms with E-state index in [9.17, 15) is 4.79 Å². The lowest BCUT2D eigenvalue weighted by Gasteiger charge is -2.16. The largest absolute Gasteiger partial charge is 0.491 e. The lowest BCUT2D eigenvalue weighted by Crippen LogP contribution is -2.27. The minimum atomic E-state index is -0.280. The molecule has 1 N–H and O–H groups in total. The fourth-order valence-electron chi connectivity index (χ4n) is 3.57. The Labute approximate surface area is 198 Å². The summed E-state index contributed by atoms with van der Waals surface area (Å²) in [5.41, 5.74) is 2.93. The number of hydrogen-bond donors (Lipinski definition) is 1. The van der Waals surface area contributed by atoms with Crippen LogP contribution >= 0.6 is 11.3 Å². The summed E-state index contributed by atoms with van der Waals surface area (Å²) in [6.07, 6.45) is 7.44. The van der Waals surface area contributed by atoms with Crippen molar-refractivity contribution in [3.8, 4) is 16.3 Å². The first kappa shape index (κ1) is 23.3. The molecule has 1 unspecified atom stereocenters. The highest BCUT2D eigenvalue weighted by atomic mass is 32.1. The lowest BCUT2D eigenvalue weighted by molar-refractivity contribution is 0.0679. The van der Waals surface area contributed by atoms with Crippen molar-refractivity contribution >= 4 is 17.2 Å². The molecule has 1 aliphatic rings. The number of carbonyl (C=O) groups excluding carboxylic acids is 1. The van der Waals surface area contributed by atoms with E-state index in [1.54, 1.807) is 29.8 Å². The molecule has 1 saturated heterocycles. The molecule has 1 fully saturated rings. The fourth-order valence-corrected chi connectivity index (χ4v) is 4.47. The van der Waals surface area contributed by atoms with Crippen LogP contribution in [0.25, 0.3) is 10.6 Å². The van der Waals surface area contributed by atoms with Gasteiger partial charge in [-0.05, 0) is 50.8 Å². The van der Waals surface area contributed by atoms with Gasteiger partial charge in [0.1, 0.15) is 17.4 Å². The Balaban J connectivity index is 1.58. The molecule has 0 radical (unpaired) electrons. The van der Waals surface area contributed by atoms with Crippen molar-refractivity contribution in [2.24, 2.45) is 0 Å². The molecule has 3 heterocycles. The van der Waals surface area contributed by atoms with Gasteiger partial charge < -0.3 is 14.8 Å². The molecule has 2 atom stereocenters. The molecular weight excluding hydrogens is 436 g/mol. The third-order valence-electron chi connectivity index (χ3n) is 5.56. The van der Waals surface area contributed by atoms with Crippen molar-refractivity contribution in [1.29, 1.82) is 0 Å². The molecule has 0 bridgehead atoms. The molecule has 8 heteroatoms. The number of hydrogen-bond acceptors (Lipinski definition) is 7. The maximum absolute atomic E-state index is 13.1. The summed E-state index contributed by atoms with van der Waals surface area (Å²) in [4.78, 5) is 27.6. The molecule has 33 heavy (non-hydrogen) atoms. The molecular formula is C25H30N4O3S. The molecule has 7 nitrogen and oxygen atoms in total. The number of aromatic nitrogens is 3. The summed E-state index contributed by atoms with van der Waals surface area (Å²) in [6, 6.07) is 5.31. The van der Waals surface area contributed by atoms with E-state index in [2.05, 4.69) is 34.1 Å². The smallest absolute Gasteiger partial charge is 0.251 e. The molecule has 1 aromatic carbocycles. The van der Waals surface area contributed by atoms with E-state index < -0.39 is 0 Å². The Bertz CT molecular complexity index is 1090. The number of amides is 1. The van der Waals surface area contributed by atoms with E-state index in [1.807, 2.05) is 32.2 Å². The van der Waals surface area contributed by atoms with Crippen LogP contribution in [0.5, 0.6) is 5.75 Å². The zero-order chi connectivity index (χ0) is 23.4. The summed E-state index contributed by atoms with van der Waals surface area (Å²) in [6.45, 7) is 9.31. The molecule has 1 amide bonds. The molecule has 0 aliphatic carbocycles. The van der Waals surface area contributed by atoms with Crippen molar-refractivity contribution < 1.29 is 14.3 Å². The highest BCUT2D eigenvalue weighted by Gasteiger charge is 2.19. The highest BCUT2D eigenvalue weighted by Crippen LogP contribution is 2.32. The minimum absolute atomic E-state index is 0.0958. The van der Waals surface area contributed by atoms with Gasteiger partial charge >= 0.3 is 0 Å². The number of ether oxygens (including phenoxy) is 2. The second-order valence-corrected chi connectivity index (χ2v) is 9.75. The van der Waals surface area contributed by atoms with Crippen LogP contribution in [0, 0.1) is 6.92 Å². The van der Waals surface area contributed by atoms with Crippen LogP contribution in [-0.4, -0.2) is 40.2 Å². The van der Waals surface area contributed by atoms with E-state index in [0.29, 0.717) is 29.5 Å². The zero-order valence-corrected chi connectivity index (χ0v) is 20.3. The molecule has 4 rings (SSSR count). The zero-order valence-electron chi connectivity index (χ0n) is 19.5. The van der Waals surface area contributed by atoms with Gasteiger partial charge in [0, 0.05) is 35.0 Å². The average Bonchev–Trinajstić information content (AvgIpc) is 3.50. The van der Waals surface area contributed by atoms with Crippen LogP contribution in [0.2, 0.25) is 0 Å². The summed E-state index contributed by atoms with van der Waals surface area (Å²) in [5, 5.41) is 3.89. The van der Waals surface area contributed by atoms with E-state index >= 15 is 0 Å². The van der Waals surface area contributed by atoms with Gasteiger partial charge in [0.2, 0.25) is 0 Å². The Morgan fingerprint density at radius 1 is 1.18 bits per heavy atom. The number of rotatable bonds is 8. The first-order valence-corrected chi connectivity index (χ1v) is 12.2. The number of nitrogens with one attached hydrogen (secondary N) is 1. The van der Waals surface area contributed by atoms with Crippen molar-refractivity contribution in [2.75, 3.05) is 13.2 Å². The van der Waals surface area contributed by atoms with Crippen LogP contribution < -0.4 is 10.1 Å². The minimum Gasteiger partial charge on any atom is -0.491 e. The topological polar surface area (TPSA) is 86.2 Å². The molecule has 0 spiro atoms. The first-order chi connectivity index (χ1) is 15.9. The van der Waals surface area contributed by atoms with Crippen molar-refractivity contribution in [3.63, 3.8) is 0 Å². The van der Waals surface area contributed by atoms with Gasteiger partial charge in [-0.1, -0.05) is 13.8 Å². The number of carbonyl (C=O) groups is 1. The Morgan fingerprint density at radius 2 is 2.03 bits per heavy atom. The van der Waals surface area contributed by atoms with Crippen LogP contribution in [0.15, 0.2) is 36.8 Å².